The molecule has 1 aliphatic rings. The lowest BCUT2D eigenvalue weighted by atomic mass is 9.88. The number of carbonyl (C=O) groups is 1. The molecular weight excluding hydrogens is 238 g/mol. The van der Waals surface area contributed by atoms with Crippen molar-refractivity contribution in [2.75, 3.05) is 18.0 Å². The molecule has 1 aromatic carbocycles. The summed E-state index contributed by atoms with van der Waals surface area (Å²) >= 11 is 0. The maximum absolute atomic E-state index is 11.5. The van der Waals surface area contributed by atoms with Crippen LogP contribution in [0.25, 0.3) is 0 Å². The van der Waals surface area contributed by atoms with E-state index in [9.17, 15) is 4.79 Å². The Morgan fingerprint density at radius 2 is 2.16 bits per heavy atom. The smallest absolute Gasteiger partial charge is 0.250 e. The maximum atomic E-state index is 11.5. The van der Waals surface area contributed by atoms with Gasteiger partial charge in [-0.25, -0.2) is 0 Å². The molecule has 0 spiro atoms. The molecular formula is C15H23N3O. The lowest BCUT2D eigenvalue weighted by Gasteiger charge is -2.41. The number of nitrogens with two attached hydrogens (primary N) is 2. The standard InChI is InChI=1S/C15H23N3O/c1-2-11-7-8-18(12(9-11)10-16)14-6-4-3-5-13(14)15(17)19/h3-6,11-12H,2,7-10,16H2,1H3,(H2,17,19). The molecule has 1 heterocycles. The van der Waals surface area contributed by atoms with Crippen molar-refractivity contribution in [2.24, 2.45) is 17.4 Å². The summed E-state index contributed by atoms with van der Waals surface area (Å²) < 4.78 is 0. The van der Waals surface area contributed by atoms with Crippen LogP contribution in [0.3, 0.4) is 0 Å². The average molecular weight is 261 g/mol. The predicted octanol–water partition coefficient (Wildman–Crippen LogP) is 1.74. The Bertz CT molecular complexity index is 447. The number of carbonyl (C=O) groups excluding carboxylic acids is 1. The number of anilines is 1. The van der Waals surface area contributed by atoms with Crippen LogP contribution in [-0.2, 0) is 0 Å². The zero-order valence-corrected chi connectivity index (χ0v) is 11.5. The van der Waals surface area contributed by atoms with Gasteiger partial charge in [-0.05, 0) is 30.9 Å². The minimum atomic E-state index is -0.371. The van der Waals surface area contributed by atoms with Gasteiger partial charge in [-0.3, -0.25) is 4.79 Å². The van der Waals surface area contributed by atoms with E-state index in [0.29, 0.717) is 18.2 Å². The number of hydrogen-bond acceptors (Lipinski definition) is 3. The minimum absolute atomic E-state index is 0.305. The Hall–Kier alpha value is -1.55. The number of para-hydroxylation sites is 1. The second-order valence-corrected chi connectivity index (χ2v) is 5.26. The van der Waals surface area contributed by atoms with E-state index in [4.69, 9.17) is 11.5 Å². The van der Waals surface area contributed by atoms with Crippen molar-refractivity contribution in [1.82, 2.24) is 0 Å². The number of piperidine rings is 1. The summed E-state index contributed by atoms with van der Waals surface area (Å²) in [6.45, 7) is 3.79. The number of hydrogen-bond donors (Lipinski definition) is 2. The first-order valence-corrected chi connectivity index (χ1v) is 7.02. The van der Waals surface area contributed by atoms with Gasteiger partial charge in [0.1, 0.15) is 0 Å². The van der Waals surface area contributed by atoms with Gasteiger partial charge in [-0.2, -0.15) is 0 Å². The topological polar surface area (TPSA) is 72.3 Å². The quantitative estimate of drug-likeness (QED) is 0.867. The molecule has 4 nitrogen and oxygen atoms in total. The molecule has 104 valence electrons. The van der Waals surface area contributed by atoms with Crippen molar-refractivity contribution in [3.05, 3.63) is 29.8 Å². The van der Waals surface area contributed by atoms with E-state index < -0.39 is 0 Å². The van der Waals surface area contributed by atoms with Crippen LogP contribution in [0.4, 0.5) is 5.69 Å². The molecule has 2 rings (SSSR count). The molecule has 2 unspecified atom stereocenters. The van der Waals surface area contributed by atoms with Crippen LogP contribution in [0.5, 0.6) is 0 Å². The molecule has 0 radical (unpaired) electrons. The summed E-state index contributed by atoms with van der Waals surface area (Å²) in [7, 11) is 0. The number of primary amides is 1. The number of amides is 1. The third-order valence-electron chi connectivity index (χ3n) is 4.15. The minimum Gasteiger partial charge on any atom is -0.367 e. The van der Waals surface area contributed by atoms with Crippen LogP contribution in [0.1, 0.15) is 36.5 Å². The van der Waals surface area contributed by atoms with Crippen LogP contribution in [-0.4, -0.2) is 25.0 Å². The van der Waals surface area contributed by atoms with E-state index in [1.165, 1.54) is 6.42 Å². The van der Waals surface area contributed by atoms with Gasteiger partial charge in [0.15, 0.2) is 0 Å². The van der Waals surface area contributed by atoms with Crippen molar-refractivity contribution in [3.63, 3.8) is 0 Å². The van der Waals surface area contributed by atoms with Crippen LogP contribution >= 0.6 is 0 Å². The van der Waals surface area contributed by atoms with Gasteiger partial charge in [0.05, 0.1) is 5.56 Å². The monoisotopic (exact) mass is 261 g/mol. The SMILES string of the molecule is CCC1CCN(c2ccccc2C(N)=O)C(CN)C1. The van der Waals surface area contributed by atoms with E-state index in [-0.39, 0.29) is 5.91 Å². The highest BCUT2D eigenvalue weighted by Crippen LogP contribution is 2.31. The lowest BCUT2D eigenvalue weighted by molar-refractivity contribution is 0.100. The summed E-state index contributed by atoms with van der Waals surface area (Å²) in [5, 5.41) is 0. The fraction of sp³-hybridized carbons (Fsp3) is 0.533. The Morgan fingerprint density at radius 1 is 1.42 bits per heavy atom. The van der Waals surface area contributed by atoms with Crippen molar-refractivity contribution in [2.45, 2.75) is 32.2 Å². The molecule has 4 N–H and O–H groups in total. The Morgan fingerprint density at radius 3 is 2.79 bits per heavy atom. The van der Waals surface area contributed by atoms with Crippen molar-refractivity contribution in [3.8, 4) is 0 Å². The van der Waals surface area contributed by atoms with Gasteiger partial charge >= 0.3 is 0 Å². The van der Waals surface area contributed by atoms with Gasteiger partial charge < -0.3 is 16.4 Å². The van der Waals surface area contributed by atoms with Gasteiger partial charge in [0.2, 0.25) is 0 Å². The van der Waals surface area contributed by atoms with E-state index in [1.54, 1.807) is 6.07 Å². The number of nitrogens with zero attached hydrogens (tertiary/aromatic N) is 1. The van der Waals surface area contributed by atoms with Crippen LogP contribution in [0.15, 0.2) is 24.3 Å². The zero-order valence-electron chi connectivity index (χ0n) is 11.5. The lowest BCUT2D eigenvalue weighted by Crippen LogP contribution is -2.47. The first-order valence-electron chi connectivity index (χ1n) is 7.02. The third-order valence-corrected chi connectivity index (χ3v) is 4.15. The van der Waals surface area contributed by atoms with Gasteiger partial charge in [-0.15, -0.1) is 0 Å². The number of rotatable bonds is 4. The van der Waals surface area contributed by atoms with E-state index in [2.05, 4.69) is 11.8 Å². The second-order valence-electron chi connectivity index (χ2n) is 5.26. The molecule has 0 aromatic heterocycles. The summed E-state index contributed by atoms with van der Waals surface area (Å²) in [5.41, 5.74) is 12.9. The maximum Gasteiger partial charge on any atom is 0.250 e. The van der Waals surface area contributed by atoms with Crippen molar-refractivity contribution < 1.29 is 4.79 Å². The highest BCUT2D eigenvalue weighted by molar-refractivity contribution is 5.98. The van der Waals surface area contributed by atoms with Crippen LogP contribution in [0.2, 0.25) is 0 Å². The van der Waals surface area contributed by atoms with Crippen LogP contribution in [0, 0.1) is 5.92 Å². The average Bonchev–Trinajstić information content (AvgIpc) is 2.46. The van der Waals surface area contributed by atoms with Crippen molar-refractivity contribution in [1.29, 1.82) is 0 Å². The first-order chi connectivity index (χ1) is 9.17. The highest BCUT2D eigenvalue weighted by Gasteiger charge is 2.28. The zero-order chi connectivity index (χ0) is 13.8. The molecule has 19 heavy (non-hydrogen) atoms. The highest BCUT2D eigenvalue weighted by atomic mass is 16.1. The normalized spacial score (nSPS) is 23.4. The molecule has 0 aliphatic carbocycles. The molecule has 2 atom stereocenters. The molecule has 0 saturated carbocycles. The molecule has 1 aliphatic heterocycles. The number of benzene rings is 1. The van der Waals surface area contributed by atoms with Crippen LogP contribution < -0.4 is 16.4 Å². The second kappa shape index (κ2) is 6.06. The van der Waals surface area contributed by atoms with E-state index in [0.717, 1.165) is 31.0 Å². The Labute approximate surface area is 114 Å². The van der Waals surface area contributed by atoms with E-state index >= 15 is 0 Å². The van der Waals surface area contributed by atoms with Crippen molar-refractivity contribution >= 4 is 11.6 Å². The van der Waals surface area contributed by atoms with Gasteiger partial charge in [0.25, 0.3) is 5.91 Å². The Balaban J connectivity index is 2.28. The molecule has 4 heteroatoms. The summed E-state index contributed by atoms with van der Waals surface area (Å²) in [5.74, 6) is 0.370. The largest absolute Gasteiger partial charge is 0.367 e. The summed E-state index contributed by atoms with van der Waals surface area (Å²) in [6.07, 6.45) is 3.45. The first kappa shape index (κ1) is 13.9. The Kier molecular flexibility index (Phi) is 4.43. The predicted molar refractivity (Wildman–Crippen MR) is 78.2 cm³/mol. The third kappa shape index (κ3) is 2.89. The van der Waals surface area contributed by atoms with Gasteiger partial charge in [-0.1, -0.05) is 25.5 Å². The fourth-order valence-corrected chi connectivity index (χ4v) is 2.98. The molecule has 1 saturated heterocycles. The molecule has 0 bridgehead atoms. The molecule has 1 amide bonds. The summed E-state index contributed by atoms with van der Waals surface area (Å²) in [6, 6.07) is 7.85. The molecule has 1 aromatic rings. The summed E-state index contributed by atoms with van der Waals surface area (Å²) in [4.78, 5) is 13.8. The van der Waals surface area contributed by atoms with E-state index in [1.807, 2.05) is 18.2 Å². The fourth-order valence-electron chi connectivity index (χ4n) is 2.98. The van der Waals surface area contributed by atoms with Gasteiger partial charge in [0, 0.05) is 24.8 Å². The molecule has 1 fully saturated rings.